The van der Waals surface area contributed by atoms with Crippen LogP contribution in [0.4, 0.5) is 17.6 Å². The highest BCUT2D eigenvalue weighted by atomic mass is 19.4. The van der Waals surface area contributed by atoms with Gasteiger partial charge in [-0.25, -0.2) is 14.4 Å². The van der Waals surface area contributed by atoms with E-state index in [1.54, 1.807) is 13.0 Å². The predicted octanol–water partition coefficient (Wildman–Crippen LogP) is 3.96. The molecule has 0 spiro atoms. The molecule has 162 valence electrons. The topological polar surface area (TPSA) is 84.3 Å². The Morgan fingerprint density at radius 1 is 1.10 bits per heavy atom. The van der Waals surface area contributed by atoms with E-state index in [1.165, 1.54) is 36.4 Å². The number of nitrogens with zero attached hydrogens (tertiary/aromatic N) is 2. The number of aromatic nitrogens is 2. The van der Waals surface area contributed by atoms with Gasteiger partial charge in [0.05, 0.1) is 12.3 Å². The minimum atomic E-state index is -4.83. The summed E-state index contributed by atoms with van der Waals surface area (Å²) in [5.74, 6) is -1.49. The molecule has 2 N–H and O–H groups in total. The zero-order chi connectivity index (χ0) is 22.6. The third-order valence-corrected chi connectivity index (χ3v) is 4.08. The molecule has 3 rings (SSSR count). The van der Waals surface area contributed by atoms with Crippen LogP contribution in [0.3, 0.4) is 0 Å². The normalized spacial score (nSPS) is 12.3. The minimum absolute atomic E-state index is 0.0436. The van der Waals surface area contributed by atoms with Gasteiger partial charge in [0.2, 0.25) is 0 Å². The molecule has 0 fully saturated rings. The second-order valence-electron chi connectivity index (χ2n) is 6.60. The Balaban J connectivity index is 2.03. The van der Waals surface area contributed by atoms with Gasteiger partial charge in [-0.05, 0) is 49.4 Å². The molecular formula is C21H17F4N3O3. The summed E-state index contributed by atoms with van der Waals surface area (Å²) in [6, 6.07) is 11.2. The average Bonchev–Trinajstić information content (AvgIpc) is 2.72. The molecule has 6 nitrogen and oxygen atoms in total. The minimum Gasteiger partial charge on any atom is -0.406 e. The maximum Gasteiger partial charge on any atom is 0.573 e. The van der Waals surface area contributed by atoms with Crippen LogP contribution < -0.4 is 10.1 Å². The van der Waals surface area contributed by atoms with E-state index in [-0.39, 0.29) is 23.8 Å². The Morgan fingerprint density at radius 3 is 2.42 bits per heavy atom. The molecule has 0 saturated heterocycles. The Morgan fingerprint density at radius 2 is 1.81 bits per heavy atom. The Hall–Kier alpha value is -3.53. The Labute approximate surface area is 174 Å². The van der Waals surface area contributed by atoms with E-state index in [9.17, 15) is 22.4 Å². The summed E-state index contributed by atoms with van der Waals surface area (Å²) in [4.78, 5) is 21.0. The number of carbonyl (C=O) groups excluding carboxylic acids is 1. The van der Waals surface area contributed by atoms with E-state index >= 15 is 0 Å². The highest BCUT2D eigenvalue weighted by Crippen LogP contribution is 2.27. The van der Waals surface area contributed by atoms with Crippen molar-refractivity contribution in [2.75, 3.05) is 6.61 Å². The summed E-state index contributed by atoms with van der Waals surface area (Å²) in [5.41, 5.74) is 0.879. The van der Waals surface area contributed by atoms with Gasteiger partial charge >= 0.3 is 6.36 Å². The lowest BCUT2D eigenvalue weighted by Crippen LogP contribution is -2.35. The lowest BCUT2D eigenvalue weighted by atomic mass is 10.1. The Kier molecular flexibility index (Phi) is 6.50. The van der Waals surface area contributed by atoms with Crippen molar-refractivity contribution < 1.29 is 32.2 Å². The summed E-state index contributed by atoms with van der Waals surface area (Å²) >= 11 is 0. The summed E-state index contributed by atoms with van der Waals surface area (Å²) in [6.07, 6.45) is -4.83. The number of benzene rings is 2. The molecule has 0 aliphatic rings. The molecule has 1 amide bonds. The SMILES string of the molecule is CC(CO)NC(=O)c1cc(-c2cccc(F)c2)nc(-c2ccc(OC(F)(F)F)cc2)n1. The van der Waals surface area contributed by atoms with Crippen LogP contribution in [0, 0.1) is 5.82 Å². The molecule has 10 heteroatoms. The number of ether oxygens (including phenoxy) is 1. The van der Waals surface area contributed by atoms with Crippen molar-refractivity contribution in [1.29, 1.82) is 0 Å². The fourth-order valence-electron chi connectivity index (χ4n) is 2.64. The third kappa shape index (κ3) is 5.98. The monoisotopic (exact) mass is 435 g/mol. The first-order valence-electron chi connectivity index (χ1n) is 9.07. The number of aliphatic hydroxyl groups is 1. The predicted molar refractivity (Wildman–Crippen MR) is 104 cm³/mol. The molecule has 0 bridgehead atoms. The summed E-state index contributed by atoms with van der Waals surface area (Å²) in [6.45, 7) is 1.30. The summed E-state index contributed by atoms with van der Waals surface area (Å²) in [5, 5.41) is 11.7. The Bertz CT molecular complexity index is 1070. The number of aliphatic hydroxyl groups excluding tert-OH is 1. The van der Waals surface area contributed by atoms with Crippen LogP contribution >= 0.6 is 0 Å². The molecule has 3 aromatic rings. The molecule has 0 radical (unpaired) electrons. The van der Waals surface area contributed by atoms with E-state index in [2.05, 4.69) is 20.0 Å². The van der Waals surface area contributed by atoms with Crippen LogP contribution in [0.2, 0.25) is 0 Å². The summed E-state index contributed by atoms with van der Waals surface area (Å²) in [7, 11) is 0. The number of carbonyl (C=O) groups is 1. The molecular weight excluding hydrogens is 418 g/mol. The summed E-state index contributed by atoms with van der Waals surface area (Å²) < 4.78 is 54.6. The maximum atomic E-state index is 13.7. The number of halogens is 4. The van der Waals surface area contributed by atoms with Crippen LogP contribution in [-0.2, 0) is 0 Å². The quantitative estimate of drug-likeness (QED) is 0.573. The lowest BCUT2D eigenvalue weighted by molar-refractivity contribution is -0.274. The van der Waals surface area contributed by atoms with E-state index in [1.807, 2.05) is 0 Å². The molecule has 0 aliphatic heterocycles. The number of rotatable bonds is 6. The van der Waals surface area contributed by atoms with Crippen LogP contribution in [0.25, 0.3) is 22.6 Å². The third-order valence-electron chi connectivity index (χ3n) is 4.08. The van der Waals surface area contributed by atoms with Crippen molar-refractivity contribution >= 4 is 5.91 Å². The van der Waals surface area contributed by atoms with Crippen LogP contribution in [0.1, 0.15) is 17.4 Å². The van der Waals surface area contributed by atoms with Crippen molar-refractivity contribution in [2.45, 2.75) is 19.3 Å². The largest absolute Gasteiger partial charge is 0.573 e. The molecule has 1 heterocycles. The van der Waals surface area contributed by atoms with Crippen molar-refractivity contribution in [3.8, 4) is 28.4 Å². The van der Waals surface area contributed by atoms with Gasteiger partial charge < -0.3 is 15.2 Å². The van der Waals surface area contributed by atoms with Gasteiger partial charge in [-0.15, -0.1) is 13.2 Å². The second-order valence-corrected chi connectivity index (χ2v) is 6.60. The van der Waals surface area contributed by atoms with Crippen LogP contribution in [-0.4, -0.2) is 40.0 Å². The molecule has 1 atom stereocenters. The molecule has 1 aromatic heterocycles. The molecule has 31 heavy (non-hydrogen) atoms. The van der Waals surface area contributed by atoms with Crippen molar-refractivity contribution in [3.63, 3.8) is 0 Å². The van der Waals surface area contributed by atoms with Gasteiger partial charge in [0.1, 0.15) is 17.3 Å². The fourth-order valence-corrected chi connectivity index (χ4v) is 2.64. The van der Waals surface area contributed by atoms with Gasteiger partial charge in [-0.1, -0.05) is 12.1 Å². The number of hydrogen-bond acceptors (Lipinski definition) is 5. The van der Waals surface area contributed by atoms with E-state index in [0.717, 1.165) is 12.1 Å². The first-order chi connectivity index (χ1) is 14.6. The lowest BCUT2D eigenvalue weighted by Gasteiger charge is -2.13. The molecule has 2 aromatic carbocycles. The van der Waals surface area contributed by atoms with Crippen LogP contribution in [0.5, 0.6) is 5.75 Å². The van der Waals surface area contributed by atoms with Gasteiger partial charge in [0.15, 0.2) is 5.82 Å². The highest BCUT2D eigenvalue weighted by Gasteiger charge is 2.31. The standard InChI is InChI=1S/C21H17F4N3O3/c1-12(11-29)26-20(30)18-10-17(14-3-2-4-15(22)9-14)27-19(28-18)13-5-7-16(8-6-13)31-21(23,24)25/h2-10,12,29H,11H2,1H3,(H,26,30). The first-order valence-corrected chi connectivity index (χ1v) is 9.07. The van der Waals surface area contributed by atoms with Gasteiger partial charge in [0.25, 0.3) is 5.91 Å². The van der Waals surface area contributed by atoms with Crippen molar-refractivity contribution in [2.24, 2.45) is 0 Å². The van der Waals surface area contributed by atoms with E-state index < -0.39 is 29.9 Å². The number of alkyl halides is 3. The average molecular weight is 435 g/mol. The van der Waals surface area contributed by atoms with Gasteiger partial charge in [-0.2, -0.15) is 0 Å². The number of nitrogens with one attached hydrogen (secondary N) is 1. The van der Waals surface area contributed by atoms with E-state index in [0.29, 0.717) is 11.1 Å². The first kappa shape index (κ1) is 22.2. The molecule has 0 saturated carbocycles. The zero-order valence-electron chi connectivity index (χ0n) is 16.2. The number of hydrogen-bond donors (Lipinski definition) is 2. The maximum absolute atomic E-state index is 13.7. The second kappa shape index (κ2) is 9.09. The molecule has 1 unspecified atom stereocenters. The zero-order valence-corrected chi connectivity index (χ0v) is 16.2. The highest BCUT2D eigenvalue weighted by molar-refractivity contribution is 5.94. The fraction of sp³-hybridized carbons (Fsp3) is 0.190. The smallest absolute Gasteiger partial charge is 0.406 e. The van der Waals surface area contributed by atoms with Gasteiger partial charge in [0, 0.05) is 17.2 Å². The van der Waals surface area contributed by atoms with Crippen LogP contribution in [0.15, 0.2) is 54.6 Å². The van der Waals surface area contributed by atoms with Gasteiger partial charge in [-0.3, -0.25) is 4.79 Å². The number of amides is 1. The van der Waals surface area contributed by atoms with E-state index in [4.69, 9.17) is 5.11 Å². The van der Waals surface area contributed by atoms with Crippen molar-refractivity contribution in [1.82, 2.24) is 15.3 Å². The van der Waals surface area contributed by atoms with Crippen molar-refractivity contribution in [3.05, 3.63) is 66.1 Å². The molecule has 0 aliphatic carbocycles.